The molecular weight excluding hydrogens is 206 g/mol. The summed E-state index contributed by atoms with van der Waals surface area (Å²) in [6.07, 6.45) is 2.36. The number of carbonyl (C=O) groups is 1. The highest BCUT2D eigenvalue weighted by Gasteiger charge is 2.23. The van der Waals surface area contributed by atoms with Crippen LogP contribution in [0, 0.1) is 11.8 Å². The van der Waals surface area contributed by atoms with Gasteiger partial charge in [-0.25, -0.2) is 0 Å². The molecule has 0 aromatic rings. The quantitative estimate of drug-likeness (QED) is 0.669. The Balaban J connectivity index is 2.16. The summed E-state index contributed by atoms with van der Waals surface area (Å²) in [6, 6.07) is 0. The second-order valence-corrected chi connectivity index (χ2v) is 4.77. The van der Waals surface area contributed by atoms with Gasteiger partial charge in [0.05, 0.1) is 13.2 Å². The fraction of sp³-hybridized carbons (Fsp3) is 0.917. The summed E-state index contributed by atoms with van der Waals surface area (Å²) in [5.41, 5.74) is 5.55. The first-order valence-electron chi connectivity index (χ1n) is 6.10. The molecule has 0 radical (unpaired) electrons. The van der Waals surface area contributed by atoms with Gasteiger partial charge in [0.1, 0.15) is 6.10 Å². The van der Waals surface area contributed by atoms with Gasteiger partial charge < -0.3 is 15.2 Å². The van der Waals surface area contributed by atoms with Gasteiger partial charge in [0.2, 0.25) is 0 Å². The average Bonchev–Trinajstić information content (AvgIpc) is 2.17. The summed E-state index contributed by atoms with van der Waals surface area (Å²) in [7, 11) is 0. The SMILES string of the molecule is CC(C)C(CCN)CCC(=O)OC1COC1. The van der Waals surface area contributed by atoms with Crippen LogP contribution in [0.25, 0.3) is 0 Å². The first-order chi connectivity index (χ1) is 7.63. The Kier molecular flexibility index (Phi) is 5.77. The lowest BCUT2D eigenvalue weighted by molar-refractivity contribution is -0.172. The lowest BCUT2D eigenvalue weighted by Crippen LogP contribution is -2.37. The minimum absolute atomic E-state index is 0.000455. The van der Waals surface area contributed by atoms with Crippen molar-refractivity contribution in [1.82, 2.24) is 0 Å². The normalized spacial score (nSPS) is 18.2. The molecule has 1 rings (SSSR count). The molecule has 1 aliphatic heterocycles. The van der Waals surface area contributed by atoms with E-state index in [0.717, 1.165) is 12.8 Å². The standard InChI is InChI=1S/C12H23NO3/c1-9(2)10(5-6-13)3-4-12(14)16-11-7-15-8-11/h9-11H,3-8,13H2,1-2H3. The molecule has 94 valence electrons. The smallest absolute Gasteiger partial charge is 0.306 e. The van der Waals surface area contributed by atoms with E-state index >= 15 is 0 Å². The van der Waals surface area contributed by atoms with E-state index in [0.29, 0.717) is 38.0 Å². The van der Waals surface area contributed by atoms with Crippen molar-refractivity contribution < 1.29 is 14.3 Å². The Labute approximate surface area is 97.5 Å². The molecule has 1 fully saturated rings. The van der Waals surface area contributed by atoms with Crippen molar-refractivity contribution in [3.05, 3.63) is 0 Å². The molecule has 1 aliphatic rings. The Morgan fingerprint density at radius 2 is 2.12 bits per heavy atom. The predicted molar refractivity (Wildman–Crippen MR) is 61.9 cm³/mol. The third kappa shape index (κ3) is 4.49. The molecule has 1 heterocycles. The lowest BCUT2D eigenvalue weighted by atomic mass is 9.88. The number of hydrogen-bond donors (Lipinski definition) is 1. The van der Waals surface area contributed by atoms with Gasteiger partial charge in [0.25, 0.3) is 0 Å². The first kappa shape index (κ1) is 13.5. The van der Waals surface area contributed by atoms with Crippen LogP contribution in [-0.2, 0) is 14.3 Å². The Morgan fingerprint density at radius 3 is 2.56 bits per heavy atom. The molecule has 0 amide bonds. The van der Waals surface area contributed by atoms with Gasteiger partial charge in [0, 0.05) is 6.42 Å². The number of carbonyl (C=O) groups excluding carboxylic acids is 1. The van der Waals surface area contributed by atoms with E-state index in [-0.39, 0.29) is 12.1 Å². The molecule has 0 aromatic carbocycles. The first-order valence-corrected chi connectivity index (χ1v) is 6.10. The Morgan fingerprint density at radius 1 is 1.44 bits per heavy atom. The predicted octanol–water partition coefficient (Wildman–Crippen LogP) is 1.33. The van der Waals surface area contributed by atoms with E-state index in [9.17, 15) is 4.79 Å². The van der Waals surface area contributed by atoms with E-state index in [4.69, 9.17) is 15.2 Å². The number of hydrogen-bond acceptors (Lipinski definition) is 4. The Hall–Kier alpha value is -0.610. The number of ether oxygens (including phenoxy) is 2. The van der Waals surface area contributed by atoms with Gasteiger partial charge >= 0.3 is 5.97 Å². The van der Waals surface area contributed by atoms with E-state index in [1.54, 1.807) is 0 Å². The second-order valence-electron chi connectivity index (χ2n) is 4.77. The maximum absolute atomic E-state index is 11.5. The molecule has 1 saturated heterocycles. The molecule has 0 spiro atoms. The summed E-state index contributed by atoms with van der Waals surface area (Å²) in [4.78, 5) is 11.5. The van der Waals surface area contributed by atoms with Crippen molar-refractivity contribution in [2.45, 2.75) is 39.2 Å². The zero-order valence-electron chi connectivity index (χ0n) is 10.3. The fourth-order valence-electron chi connectivity index (χ4n) is 1.86. The third-order valence-corrected chi connectivity index (χ3v) is 3.11. The van der Waals surface area contributed by atoms with Crippen molar-refractivity contribution in [2.24, 2.45) is 17.6 Å². The van der Waals surface area contributed by atoms with Crippen molar-refractivity contribution in [3.8, 4) is 0 Å². The van der Waals surface area contributed by atoms with Crippen LogP contribution in [0.4, 0.5) is 0 Å². The van der Waals surface area contributed by atoms with Crippen LogP contribution in [0.5, 0.6) is 0 Å². The average molecular weight is 229 g/mol. The number of esters is 1. The summed E-state index contributed by atoms with van der Waals surface area (Å²) in [5.74, 6) is 0.995. The topological polar surface area (TPSA) is 61.6 Å². The number of rotatable bonds is 7. The van der Waals surface area contributed by atoms with Gasteiger partial charge in [-0.2, -0.15) is 0 Å². The molecule has 4 heteroatoms. The van der Waals surface area contributed by atoms with Crippen LogP contribution in [0.3, 0.4) is 0 Å². The van der Waals surface area contributed by atoms with Crippen molar-refractivity contribution >= 4 is 5.97 Å². The highest BCUT2D eigenvalue weighted by Crippen LogP contribution is 2.21. The maximum atomic E-state index is 11.5. The largest absolute Gasteiger partial charge is 0.457 e. The van der Waals surface area contributed by atoms with Crippen LogP contribution < -0.4 is 5.73 Å². The summed E-state index contributed by atoms with van der Waals surface area (Å²) >= 11 is 0. The highest BCUT2D eigenvalue weighted by atomic mass is 16.6. The Bertz CT molecular complexity index is 214. The van der Waals surface area contributed by atoms with Gasteiger partial charge in [-0.15, -0.1) is 0 Å². The molecule has 2 N–H and O–H groups in total. The van der Waals surface area contributed by atoms with Crippen LogP contribution >= 0.6 is 0 Å². The minimum atomic E-state index is -0.101. The van der Waals surface area contributed by atoms with Gasteiger partial charge in [-0.1, -0.05) is 13.8 Å². The van der Waals surface area contributed by atoms with Crippen LogP contribution in [-0.4, -0.2) is 31.8 Å². The van der Waals surface area contributed by atoms with Gasteiger partial charge in [-0.3, -0.25) is 4.79 Å². The van der Waals surface area contributed by atoms with Crippen molar-refractivity contribution in [1.29, 1.82) is 0 Å². The molecule has 1 atom stereocenters. The third-order valence-electron chi connectivity index (χ3n) is 3.11. The minimum Gasteiger partial charge on any atom is -0.457 e. The monoisotopic (exact) mass is 229 g/mol. The fourth-order valence-corrected chi connectivity index (χ4v) is 1.86. The number of nitrogens with two attached hydrogens (primary N) is 1. The summed E-state index contributed by atoms with van der Waals surface area (Å²) in [6.45, 7) is 6.15. The van der Waals surface area contributed by atoms with E-state index in [1.165, 1.54) is 0 Å². The second kappa shape index (κ2) is 6.86. The molecule has 4 nitrogen and oxygen atoms in total. The zero-order valence-corrected chi connectivity index (χ0v) is 10.3. The van der Waals surface area contributed by atoms with Crippen LogP contribution in [0.1, 0.15) is 33.1 Å². The molecular formula is C12H23NO3. The molecule has 0 bridgehead atoms. The summed E-state index contributed by atoms with van der Waals surface area (Å²) < 4.78 is 10.1. The molecule has 16 heavy (non-hydrogen) atoms. The summed E-state index contributed by atoms with van der Waals surface area (Å²) in [5, 5.41) is 0. The maximum Gasteiger partial charge on any atom is 0.306 e. The lowest BCUT2D eigenvalue weighted by Gasteiger charge is -2.26. The zero-order chi connectivity index (χ0) is 12.0. The van der Waals surface area contributed by atoms with Crippen LogP contribution in [0.2, 0.25) is 0 Å². The van der Waals surface area contributed by atoms with Crippen molar-refractivity contribution in [2.75, 3.05) is 19.8 Å². The van der Waals surface area contributed by atoms with E-state index < -0.39 is 0 Å². The van der Waals surface area contributed by atoms with E-state index in [2.05, 4.69) is 13.8 Å². The molecule has 1 unspecified atom stereocenters. The highest BCUT2D eigenvalue weighted by molar-refractivity contribution is 5.69. The van der Waals surface area contributed by atoms with Gasteiger partial charge in [0.15, 0.2) is 0 Å². The molecule has 0 saturated carbocycles. The van der Waals surface area contributed by atoms with E-state index in [1.807, 2.05) is 0 Å². The van der Waals surface area contributed by atoms with Crippen LogP contribution in [0.15, 0.2) is 0 Å². The molecule has 0 aromatic heterocycles. The van der Waals surface area contributed by atoms with Gasteiger partial charge in [-0.05, 0) is 31.2 Å². The molecule has 0 aliphatic carbocycles. The van der Waals surface area contributed by atoms with Crippen molar-refractivity contribution in [3.63, 3.8) is 0 Å².